The van der Waals surface area contributed by atoms with Crippen molar-refractivity contribution in [1.82, 2.24) is 5.32 Å². The first kappa shape index (κ1) is 15.7. The Hall–Kier alpha value is -2.21. The summed E-state index contributed by atoms with van der Waals surface area (Å²) in [4.78, 5) is 13.5. The van der Waals surface area contributed by atoms with Crippen LogP contribution in [0.1, 0.15) is 17.2 Å². The molecule has 0 bridgehead atoms. The third-order valence-electron chi connectivity index (χ3n) is 3.68. The van der Waals surface area contributed by atoms with Gasteiger partial charge in [0.25, 0.3) is 0 Å². The van der Waals surface area contributed by atoms with Crippen LogP contribution in [0.3, 0.4) is 0 Å². The van der Waals surface area contributed by atoms with Gasteiger partial charge in [0, 0.05) is 17.3 Å². The van der Waals surface area contributed by atoms with Gasteiger partial charge in [0.2, 0.25) is 0 Å². The molecule has 1 N–H and O–H groups in total. The molecule has 1 aliphatic rings. The summed E-state index contributed by atoms with van der Waals surface area (Å²) >= 11 is 5.84. The molecule has 1 saturated heterocycles. The molecule has 0 spiro atoms. The van der Waals surface area contributed by atoms with Gasteiger partial charge in [0.05, 0.1) is 11.6 Å². The predicted molar refractivity (Wildman–Crippen MR) is 81.5 cm³/mol. The van der Waals surface area contributed by atoms with E-state index in [9.17, 15) is 18.0 Å². The molecular formula is C16H12ClF3N2O. The number of hydrogen-bond acceptors (Lipinski definition) is 1. The first-order valence-electron chi connectivity index (χ1n) is 6.86. The van der Waals surface area contributed by atoms with Crippen molar-refractivity contribution in [2.45, 2.75) is 12.2 Å². The van der Waals surface area contributed by atoms with Crippen molar-refractivity contribution in [3.63, 3.8) is 0 Å². The van der Waals surface area contributed by atoms with Gasteiger partial charge in [-0.2, -0.15) is 13.2 Å². The summed E-state index contributed by atoms with van der Waals surface area (Å²) in [5, 5.41) is 3.18. The van der Waals surface area contributed by atoms with E-state index < -0.39 is 17.8 Å². The molecule has 1 aliphatic heterocycles. The van der Waals surface area contributed by atoms with Crippen LogP contribution in [0.25, 0.3) is 0 Å². The molecule has 0 aliphatic carbocycles. The number of urea groups is 1. The maximum absolute atomic E-state index is 12.9. The number of nitrogens with zero attached hydrogens (tertiary/aromatic N) is 1. The molecule has 1 unspecified atom stereocenters. The average molecular weight is 341 g/mol. The molecule has 1 atom stereocenters. The second-order valence-electron chi connectivity index (χ2n) is 5.17. The number of amides is 2. The van der Waals surface area contributed by atoms with Crippen LogP contribution >= 0.6 is 11.6 Å². The Kier molecular flexibility index (Phi) is 3.93. The van der Waals surface area contributed by atoms with Crippen molar-refractivity contribution >= 4 is 23.3 Å². The number of nitrogens with one attached hydrogen (secondary N) is 1. The van der Waals surface area contributed by atoms with Crippen molar-refractivity contribution in [3.8, 4) is 0 Å². The zero-order valence-electron chi connectivity index (χ0n) is 11.8. The highest BCUT2D eigenvalue weighted by Crippen LogP contribution is 2.35. The molecule has 2 aromatic rings. The Labute approximate surface area is 135 Å². The lowest BCUT2D eigenvalue weighted by atomic mass is 10.0. The molecule has 0 radical (unpaired) electrons. The topological polar surface area (TPSA) is 32.3 Å². The summed E-state index contributed by atoms with van der Waals surface area (Å²) in [5.41, 5.74) is 0.269. The number of halogens is 4. The van der Waals surface area contributed by atoms with Gasteiger partial charge in [-0.25, -0.2) is 4.79 Å². The van der Waals surface area contributed by atoms with Crippen LogP contribution in [0, 0.1) is 0 Å². The molecule has 2 aromatic carbocycles. The number of alkyl halides is 3. The summed E-state index contributed by atoms with van der Waals surface area (Å²) in [6.07, 6.45) is -4.42. The number of carbonyl (C=O) groups excluding carboxylic acids is 1. The van der Waals surface area contributed by atoms with Crippen molar-refractivity contribution in [2.75, 3.05) is 11.4 Å². The largest absolute Gasteiger partial charge is 0.416 e. The maximum atomic E-state index is 12.9. The van der Waals surface area contributed by atoms with Gasteiger partial charge in [-0.05, 0) is 42.0 Å². The van der Waals surface area contributed by atoms with Crippen LogP contribution in [-0.2, 0) is 6.18 Å². The Morgan fingerprint density at radius 1 is 1.13 bits per heavy atom. The normalized spacial score (nSPS) is 18.2. The Morgan fingerprint density at radius 3 is 2.48 bits per heavy atom. The molecule has 1 fully saturated rings. The molecule has 7 heteroatoms. The van der Waals surface area contributed by atoms with E-state index >= 15 is 0 Å². The van der Waals surface area contributed by atoms with Crippen LogP contribution in [0.15, 0.2) is 48.5 Å². The molecule has 3 nitrogen and oxygen atoms in total. The van der Waals surface area contributed by atoms with Crippen LogP contribution < -0.4 is 10.2 Å². The van der Waals surface area contributed by atoms with Crippen LogP contribution in [0.2, 0.25) is 5.02 Å². The third-order valence-corrected chi connectivity index (χ3v) is 3.93. The summed E-state index contributed by atoms with van der Waals surface area (Å²) in [6.45, 7) is 0.239. The van der Waals surface area contributed by atoms with Crippen LogP contribution in [0.5, 0.6) is 0 Å². The van der Waals surface area contributed by atoms with Crippen molar-refractivity contribution < 1.29 is 18.0 Å². The molecule has 0 saturated carbocycles. The molecule has 3 rings (SSSR count). The number of benzene rings is 2. The van der Waals surface area contributed by atoms with Crippen molar-refractivity contribution in [3.05, 3.63) is 64.7 Å². The summed E-state index contributed by atoms with van der Waals surface area (Å²) in [5.74, 6) is 0. The number of anilines is 1. The number of hydrogen-bond donors (Lipinski definition) is 1. The average Bonchev–Trinajstić information content (AvgIpc) is 2.89. The van der Waals surface area contributed by atoms with E-state index in [1.807, 2.05) is 0 Å². The molecular weight excluding hydrogens is 329 g/mol. The van der Waals surface area contributed by atoms with Gasteiger partial charge in [0.1, 0.15) is 0 Å². The lowest BCUT2D eigenvalue weighted by molar-refractivity contribution is -0.137. The summed E-state index contributed by atoms with van der Waals surface area (Å²) in [7, 11) is 0. The minimum Gasteiger partial charge on any atom is -0.335 e. The first-order chi connectivity index (χ1) is 10.9. The van der Waals surface area contributed by atoms with E-state index in [0.29, 0.717) is 16.3 Å². The Balaban J connectivity index is 1.98. The fraction of sp³-hybridized carbons (Fsp3) is 0.188. The highest BCUT2D eigenvalue weighted by Gasteiger charge is 2.35. The van der Waals surface area contributed by atoms with Crippen molar-refractivity contribution in [1.29, 1.82) is 0 Å². The lowest BCUT2D eigenvalue weighted by Crippen LogP contribution is -2.29. The van der Waals surface area contributed by atoms with E-state index in [0.717, 1.165) is 12.1 Å². The minimum absolute atomic E-state index is 0.239. The monoisotopic (exact) mass is 340 g/mol. The van der Waals surface area contributed by atoms with Gasteiger partial charge in [-0.15, -0.1) is 0 Å². The highest BCUT2D eigenvalue weighted by atomic mass is 35.5. The van der Waals surface area contributed by atoms with E-state index in [4.69, 9.17) is 11.6 Å². The number of carbonyl (C=O) groups is 1. The Bertz CT molecular complexity index is 731. The van der Waals surface area contributed by atoms with Gasteiger partial charge in [-0.3, -0.25) is 4.90 Å². The number of rotatable bonds is 2. The van der Waals surface area contributed by atoms with Gasteiger partial charge < -0.3 is 5.32 Å². The zero-order chi connectivity index (χ0) is 16.6. The van der Waals surface area contributed by atoms with Gasteiger partial charge in [0.15, 0.2) is 0 Å². The molecule has 23 heavy (non-hydrogen) atoms. The maximum Gasteiger partial charge on any atom is 0.416 e. The minimum atomic E-state index is -4.42. The molecule has 120 valence electrons. The van der Waals surface area contributed by atoms with Gasteiger partial charge in [-0.1, -0.05) is 23.7 Å². The standard InChI is InChI=1S/C16H12ClF3N2O/c17-12-4-6-13(7-5-12)22-14(9-21-15(22)23)10-2-1-3-11(8-10)16(18,19)20/h1-8,14H,9H2,(H,21,23). The fourth-order valence-electron chi connectivity index (χ4n) is 2.59. The smallest absolute Gasteiger partial charge is 0.335 e. The molecule has 0 aromatic heterocycles. The van der Waals surface area contributed by atoms with E-state index in [1.165, 1.54) is 11.0 Å². The second kappa shape index (κ2) is 5.77. The zero-order valence-corrected chi connectivity index (χ0v) is 12.5. The van der Waals surface area contributed by atoms with Crippen LogP contribution in [0.4, 0.5) is 23.7 Å². The Morgan fingerprint density at radius 2 is 1.83 bits per heavy atom. The summed E-state index contributed by atoms with van der Waals surface area (Å²) < 4.78 is 38.7. The first-order valence-corrected chi connectivity index (χ1v) is 7.24. The predicted octanol–water partition coefficient (Wildman–Crippen LogP) is 4.63. The van der Waals surface area contributed by atoms with E-state index in [2.05, 4.69) is 5.32 Å². The summed E-state index contributed by atoms with van der Waals surface area (Å²) in [6, 6.07) is 10.7. The molecule has 2 amide bonds. The van der Waals surface area contributed by atoms with Gasteiger partial charge >= 0.3 is 12.2 Å². The van der Waals surface area contributed by atoms with Crippen molar-refractivity contribution in [2.24, 2.45) is 0 Å². The van der Waals surface area contributed by atoms with Crippen LogP contribution in [-0.4, -0.2) is 12.6 Å². The third kappa shape index (κ3) is 3.12. The quantitative estimate of drug-likeness (QED) is 0.849. The fourth-order valence-corrected chi connectivity index (χ4v) is 2.72. The second-order valence-corrected chi connectivity index (χ2v) is 5.61. The lowest BCUT2D eigenvalue weighted by Gasteiger charge is -2.24. The van der Waals surface area contributed by atoms with E-state index in [1.54, 1.807) is 30.3 Å². The molecule has 1 heterocycles. The highest BCUT2D eigenvalue weighted by molar-refractivity contribution is 6.30. The van der Waals surface area contributed by atoms with E-state index in [-0.39, 0.29) is 12.6 Å². The SMILES string of the molecule is O=C1NCC(c2cccc(C(F)(F)F)c2)N1c1ccc(Cl)cc1.